The number of rotatable bonds is 4. The molecular formula is C18H23ClN4O. The van der Waals surface area contributed by atoms with Crippen molar-refractivity contribution in [2.75, 3.05) is 26.2 Å². The first kappa shape index (κ1) is 17.0. The zero-order chi connectivity index (χ0) is 17.2. The highest BCUT2D eigenvalue weighted by Gasteiger charge is 2.35. The highest BCUT2D eigenvalue weighted by atomic mass is 35.5. The summed E-state index contributed by atoms with van der Waals surface area (Å²) in [7, 11) is 0. The van der Waals surface area contributed by atoms with Gasteiger partial charge in [0, 0.05) is 38.9 Å². The topological polar surface area (TPSA) is 41.4 Å². The summed E-state index contributed by atoms with van der Waals surface area (Å²) in [5, 5.41) is 4.75. The molecule has 6 heteroatoms. The largest absolute Gasteiger partial charge is 0.338 e. The van der Waals surface area contributed by atoms with Gasteiger partial charge in [-0.3, -0.25) is 14.4 Å². The second kappa shape index (κ2) is 6.95. The Labute approximate surface area is 147 Å². The van der Waals surface area contributed by atoms with E-state index in [0.29, 0.717) is 5.02 Å². The smallest absolute Gasteiger partial charge is 0.250 e. The standard InChI is InChI=1S/C18H23ClN4O/c1-18(2,23-14-16(19)12-20-23)17(24)22-10-8-21(9-11-22)13-15-6-4-3-5-7-15/h3-7,12,14H,8-11,13H2,1-2H3. The third kappa shape index (κ3) is 3.62. The number of carbonyl (C=O) groups is 1. The fraction of sp³-hybridized carbons (Fsp3) is 0.444. The van der Waals surface area contributed by atoms with Crippen molar-refractivity contribution in [1.29, 1.82) is 0 Å². The molecule has 0 bridgehead atoms. The van der Waals surface area contributed by atoms with Crippen LogP contribution in [0, 0.1) is 0 Å². The monoisotopic (exact) mass is 346 g/mol. The molecule has 1 aliphatic heterocycles. The first-order chi connectivity index (χ1) is 11.5. The summed E-state index contributed by atoms with van der Waals surface area (Å²) in [6, 6.07) is 10.4. The predicted molar refractivity (Wildman–Crippen MR) is 94.9 cm³/mol. The number of hydrogen-bond donors (Lipinski definition) is 0. The van der Waals surface area contributed by atoms with Gasteiger partial charge in [-0.25, -0.2) is 0 Å². The maximum atomic E-state index is 12.9. The van der Waals surface area contributed by atoms with E-state index in [1.54, 1.807) is 17.1 Å². The molecule has 1 aliphatic rings. The molecule has 24 heavy (non-hydrogen) atoms. The molecule has 0 saturated carbocycles. The molecule has 2 aromatic rings. The van der Waals surface area contributed by atoms with Gasteiger partial charge in [-0.2, -0.15) is 5.10 Å². The zero-order valence-electron chi connectivity index (χ0n) is 14.2. The number of carbonyl (C=O) groups excluding carboxylic acids is 1. The molecule has 3 rings (SSSR count). The van der Waals surface area contributed by atoms with Crippen LogP contribution in [0.5, 0.6) is 0 Å². The highest BCUT2D eigenvalue weighted by Crippen LogP contribution is 2.21. The fourth-order valence-electron chi connectivity index (χ4n) is 3.04. The van der Waals surface area contributed by atoms with E-state index >= 15 is 0 Å². The second-order valence-corrected chi connectivity index (χ2v) is 7.15. The van der Waals surface area contributed by atoms with Crippen LogP contribution in [0.15, 0.2) is 42.7 Å². The van der Waals surface area contributed by atoms with Gasteiger partial charge < -0.3 is 4.90 Å². The Morgan fingerprint density at radius 1 is 1.17 bits per heavy atom. The molecule has 128 valence electrons. The Bertz CT molecular complexity index is 690. The van der Waals surface area contributed by atoms with Crippen LogP contribution in [-0.2, 0) is 16.9 Å². The van der Waals surface area contributed by atoms with Crippen molar-refractivity contribution >= 4 is 17.5 Å². The molecule has 1 amide bonds. The highest BCUT2D eigenvalue weighted by molar-refractivity contribution is 6.30. The Balaban J connectivity index is 1.59. The van der Waals surface area contributed by atoms with E-state index in [2.05, 4.69) is 34.3 Å². The maximum absolute atomic E-state index is 12.9. The quantitative estimate of drug-likeness (QED) is 0.854. The van der Waals surface area contributed by atoms with Crippen molar-refractivity contribution in [2.45, 2.75) is 25.9 Å². The van der Waals surface area contributed by atoms with Gasteiger partial charge in [0.05, 0.1) is 11.2 Å². The van der Waals surface area contributed by atoms with Gasteiger partial charge >= 0.3 is 0 Å². The Morgan fingerprint density at radius 2 is 1.83 bits per heavy atom. The van der Waals surface area contributed by atoms with Crippen LogP contribution >= 0.6 is 11.6 Å². The summed E-state index contributed by atoms with van der Waals surface area (Å²) in [5.41, 5.74) is 0.582. The van der Waals surface area contributed by atoms with Crippen molar-refractivity contribution in [3.63, 3.8) is 0 Å². The second-order valence-electron chi connectivity index (χ2n) is 6.72. The molecule has 1 aromatic heterocycles. The number of hydrogen-bond acceptors (Lipinski definition) is 3. The summed E-state index contributed by atoms with van der Waals surface area (Å²) >= 11 is 5.94. The van der Waals surface area contributed by atoms with Crippen LogP contribution in [0.2, 0.25) is 5.02 Å². The molecule has 0 spiro atoms. The van der Waals surface area contributed by atoms with E-state index < -0.39 is 5.54 Å². The van der Waals surface area contributed by atoms with Crippen molar-refractivity contribution in [3.8, 4) is 0 Å². The Kier molecular flexibility index (Phi) is 4.92. The first-order valence-electron chi connectivity index (χ1n) is 8.23. The lowest BCUT2D eigenvalue weighted by Crippen LogP contribution is -2.54. The van der Waals surface area contributed by atoms with Crippen molar-refractivity contribution in [1.82, 2.24) is 19.6 Å². The predicted octanol–water partition coefficient (Wildman–Crippen LogP) is 2.62. The lowest BCUT2D eigenvalue weighted by atomic mass is 10.0. The van der Waals surface area contributed by atoms with Gasteiger partial charge in [-0.1, -0.05) is 41.9 Å². The van der Waals surface area contributed by atoms with Crippen molar-refractivity contribution in [2.24, 2.45) is 0 Å². The SMILES string of the molecule is CC(C)(C(=O)N1CCN(Cc2ccccc2)CC1)n1cc(Cl)cn1. The minimum atomic E-state index is -0.727. The number of nitrogens with zero attached hydrogens (tertiary/aromatic N) is 4. The molecule has 0 N–H and O–H groups in total. The van der Waals surface area contributed by atoms with E-state index in [4.69, 9.17) is 11.6 Å². The van der Waals surface area contributed by atoms with Gasteiger partial charge in [0.15, 0.2) is 0 Å². The molecule has 0 radical (unpaired) electrons. The number of aromatic nitrogens is 2. The summed E-state index contributed by atoms with van der Waals surface area (Å²) in [6.07, 6.45) is 3.26. The van der Waals surface area contributed by atoms with Crippen LogP contribution in [0.1, 0.15) is 19.4 Å². The van der Waals surface area contributed by atoms with Crippen LogP contribution in [0.4, 0.5) is 0 Å². The Hall–Kier alpha value is -1.85. The molecule has 1 saturated heterocycles. The van der Waals surface area contributed by atoms with Gasteiger partial charge in [0.2, 0.25) is 5.91 Å². The molecule has 1 aromatic carbocycles. The van der Waals surface area contributed by atoms with E-state index in [9.17, 15) is 4.79 Å². The summed E-state index contributed by atoms with van der Waals surface area (Å²) in [4.78, 5) is 17.2. The van der Waals surface area contributed by atoms with Crippen molar-refractivity contribution < 1.29 is 4.79 Å². The minimum Gasteiger partial charge on any atom is -0.338 e. The van der Waals surface area contributed by atoms with Crippen LogP contribution in [-0.4, -0.2) is 51.7 Å². The normalized spacial score (nSPS) is 16.4. The number of amides is 1. The lowest BCUT2D eigenvalue weighted by Gasteiger charge is -2.38. The molecule has 2 heterocycles. The Morgan fingerprint density at radius 3 is 2.42 bits per heavy atom. The molecular weight excluding hydrogens is 324 g/mol. The number of benzene rings is 1. The van der Waals surface area contributed by atoms with Gasteiger partial charge in [0.25, 0.3) is 0 Å². The third-order valence-corrected chi connectivity index (χ3v) is 4.75. The fourth-order valence-corrected chi connectivity index (χ4v) is 3.18. The number of piperazine rings is 1. The van der Waals surface area contributed by atoms with Gasteiger partial charge in [0.1, 0.15) is 5.54 Å². The van der Waals surface area contributed by atoms with E-state index in [1.165, 1.54) is 5.56 Å². The minimum absolute atomic E-state index is 0.0848. The van der Waals surface area contributed by atoms with Crippen LogP contribution < -0.4 is 0 Å². The van der Waals surface area contributed by atoms with Crippen LogP contribution in [0.25, 0.3) is 0 Å². The van der Waals surface area contributed by atoms with Gasteiger partial charge in [-0.05, 0) is 19.4 Å². The maximum Gasteiger partial charge on any atom is 0.250 e. The molecule has 0 unspecified atom stereocenters. The average molecular weight is 347 g/mol. The van der Waals surface area contributed by atoms with Gasteiger partial charge in [-0.15, -0.1) is 0 Å². The average Bonchev–Trinajstić information content (AvgIpc) is 3.03. The third-order valence-electron chi connectivity index (χ3n) is 4.56. The molecule has 5 nitrogen and oxygen atoms in total. The van der Waals surface area contributed by atoms with E-state index in [0.717, 1.165) is 32.7 Å². The molecule has 0 atom stereocenters. The van der Waals surface area contributed by atoms with E-state index in [-0.39, 0.29) is 5.91 Å². The summed E-state index contributed by atoms with van der Waals surface area (Å²) < 4.78 is 1.65. The van der Waals surface area contributed by atoms with Crippen LogP contribution in [0.3, 0.4) is 0 Å². The lowest BCUT2D eigenvalue weighted by molar-refractivity contribution is -0.141. The number of halogens is 1. The zero-order valence-corrected chi connectivity index (χ0v) is 14.9. The van der Waals surface area contributed by atoms with Crippen molar-refractivity contribution in [3.05, 3.63) is 53.3 Å². The first-order valence-corrected chi connectivity index (χ1v) is 8.61. The molecule has 0 aliphatic carbocycles. The summed E-state index contributed by atoms with van der Waals surface area (Å²) in [5.74, 6) is 0.0848. The summed E-state index contributed by atoms with van der Waals surface area (Å²) in [6.45, 7) is 7.95. The molecule has 1 fully saturated rings. The van der Waals surface area contributed by atoms with E-state index in [1.807, 2.05) is 24.8 Å².